The lowest BCUT2D eigenvalue weighted by Crippen LogP contribution is -2.33. The van der Waals surface area contributed by atoms with E-state index in [0.717, 1.165) is 5.56 Å². The van der Waals surface area contributed by atoms with Crippen molar-refractivity contribution >= 4 is 33.3 Å². The maximum atomic E-state index is 13.0. The van der Waals surface area contributed by atoms with Gasteiger partial charge in [-0.1, -0.05) is 70.5 Å². The van der Waals surface area contributed by atoms with Crippen molar-refractivity contribution in [2.24, 2.45) is 0 Å². The van der Waals surface area contributed by atoms with Crippen molar-refractivity contribution in [3.8, 4) is 5.75 Å². The number of hydrogen-bond acceptors (Lipinski definition) is 5. The minimum Gasteiger partial charge on any atom is -0.508 e. The standard InChI is InChI=1S/C24H18BrNO4/c25-15-10-11-19(27)18(12-15)21(26-13-14-6-2-1-3-7-14)20-22(28)16-8-4-5-9-17(16)23(29)24(20)30/h1-12,21,26-28H,13H2. The van der Waals surface area contributed by atoms with Gasteiger partial charge in [-0.3, -0.25) is 9.59 Å². The number of Topliss-reactive ketones (excluding diaryl/α,β-unsaturated/α-hetero) is 2. The van der Waals surface area contributed by atoms with Crippen molar-refractivity contribution in [1.29, 1.82) is 0 Å². The zero-order chi connectivity index (χ0) is 21.3. The number of aliphatic hydroxyl groups excluding tert-OH is 1. The Bertz CT molecular complexity index is 1170. The third-order valence-corrected chi connectivity index (χ3v) is 5.57. The first-order valence-corrected chi connectivity index (χ1v) is 10.1. The number of carbonyl (C=O) groups excluding carboxylic acids is 2. The summed E-state index contributed by atoms with van der Waals surface area (Å²) >= 11 is 3.38. The van der Waals surface area contributed by atoms with E-state index >= 15 is 0 Å². The lowest BCUT2D eigenvalue weighted by molar-refractivity contribution is -0.112. The van der Waals surface area contributed by atoms with Crippen LogP contribution in [0.5, 0.6) is 5.75 Å². The number of phenolic OH excluding ortho intramolecular Hbond substituents is 1. The molecule has 0 aromatic heterocycles. The molecule has 30 heavy (non-hydrogen) atoms. The van der Waals surface area contributed by atoms with E-state index in [-0.39, 0.29) is 22.6 Å². The summed E-state index contributed by atoms with van der Waals surface area (Å²) in [5, 5.41) is 24.7. The number of benzene rings is 3. The van der Waals surface area contributed by atoms with Gasteiger partial charge in [-0.05, 0) is 23.8 Å². The maximum absolute atomic E-state index is 13.0. The molecule has 5 nitrogen and oxygen atoms in total. The molecule has 4 rings (SSSR count). The number of aromatic hydroxyl groups is 1. The molecule has 3 aromatic rings. The Hall–Kier alpha value is -3.22. The Kier molecular flexibility index (Phi) is 5.53. The van der Waals surface area contributed by atoms with Gasteiger partial charge in [-0.25, -0.2) is 0 Å². The molecular formula is C24H18BrNO4. The topological polar surface area (TPSA) is 86.6 Å². The second-order valence-electron chi connectivity index (χ2n) is 6.97. The SMILES string of the molecule is O=C1C(=O)c2ccccc2C(O)=C1C(NCc1ccccc1)c1cc(Br)ccc1O. The largest absolute Gasteiger partial charge is 0.508 e. The summed E-state index contributed by atoms with van der Waals surface area (Å²) < 4.78 is 0.692. The lowest BCUT2D eigenvalue weighted by atomic mass is 9.83. The highest BCUT2D eigenvalue weighted by Gasteiger charge is 2.38. The molecule has 1 atom stereocenters. The number of rotatable bonds is 5. The first-order valence-electron chi connectivity index (χ1n) is 9.34. The van der Waals surface area contributed by atoms with Crippen LogP contribution >= 0.6 is 15.9 Å². The van der Waals surface area contributed by atoms with Gasteiger partial charge in [0.25, 0.3) is 0 Å². The minimum absolute atomic E-state index is 0.0526. The van der Waals surface area contributed by atoms with Crippen LogP contribution in [0.15, 0.2) is 82.8 Å². The van der Waals surface area contributed by atoms with Crippen LogP contribution in [-0.4, -0.2) is 21.8 Å². The third kappa shape index (κ3) is 3.67. The summed E-state index contributed by atoms with van der Waals surface area (Å²) in [5.41, 5.74) is 1.72. The molecule has 0 aliphatic heterocycles. The van der Waals surface area contributed by atoms with Crippen LogP contribution < -0.4 is 5.32 Å². The molecule has 0 bridgehead atoms. The molecule has 1 aliphatic rings. The van der Waals surface area contributed by atoms with Gasteiger partial charge >= 0.3 is 0 Å². The predicted octanol–water partition coefficient (Wildman–Crippen LogP) is 4.72. The number of carbonyl (C=O) groups is 2. The van der Waals surface area contributed by atoms with E-state index < -0.39 is 17.6 Å². The molecular weight excluding hydrogens is 446 g/mol. The predicted molar refractivity (Wildman–Crippen MR) is 117 cm³/mol. The van der Waals surface area contributed by atoms with Crippen LogP contribution in [-0.2, 0) is 11.3 Å². The highest BCUT2D eigenvalue weighted by atomic mass is 79.9. The fourth-order valence-electron chi connectivity index (χ4n) is 3.59. The third-order valence-electron chi connectivity index (χ3n) is 5.08. The number of halogens is 1. The molecule has 3 N–H and O–H groups in total. The van der Waals surface area contributed by atoms with E-state index in [1.165, 1.54) is 12.1 Å². The molecule has 1 aliphatic carbocycles. The van der Waals surface area contributed by atoms with Gasteiger partial charge in [0.1, 0.15) is 11.5 Å². The van der Waals surface area contributed by atoms with Crippen molar-refractivity contribution < 1.29 is 19.8 Å². The number of nitrogens with one attached hydrogen (secondary N) is 1. The maximum Gasteiger partial charge on any atom is 0.235 e. The smallest absolute Gasteiger partial charge is 0.235 e. The highest BCUT2D eigenvalue weighted by Crippen LogP contribution is 2.38. The van der Waals surface area contributed by atoms with Crippen LogP contribution in [0.3, 0.4) is 0 Å². The number of aliphatic hydroxyl groups is 1. The van der Waals surface area contributed by atoms with E-state index in [0.29, 0.717) is 22.1 Å². The van der Waals surface area contributed by atoms with Gasteiger partial charge in [0, 0.05) is 27.7 Å². The summed E-state index contributed by atoms with van der Waals surface area (Å²) in [5.74, 6) is -1.79. The Morgan fingerprint density at radius 3 is 2.23 bits per heavy atom. The Balaban J connectivity index is 1.85. The molecule has 0 radical (unpaired) electrons. The molecule has 150 valence electrons. The second-order valence-corrected chi connectivity index (χ2v) is 7.88. The molecule has 0 spiro atoms. The number of fused-ring (bicyclic) bond motifs is 1. The fraction of sp³-hybridized carbons (Fsp3) is 0.0833. The molecule has 6 heteroatoms. The van der Waals surface area contributed by atoms with Crippen molar-refractivity contribution in [3.63, 3.8) is 0 Å². The minimum atomic E-state index is -0.896. The first kappa shape index (κ1) is 20.1. The zero-order valence-electron chi connectivity index (χ0n) is 15.8. The van der Waals surface area contributed by atoms with Crippen LogP contribution in [0, 0.1) is 0 Å². The molecule has 0 saturated heterocycles. The lowest BCUT2D eigenvalue weighted by Gasteiger charge is -2.26. The fourth-order valence-corrected chi connectivity index (χ4v) is 3.97. The van der Waals surface area contributed by atoms with Crippen LogP contribution in [0.1, 0.15) is 33.1 Å². The monoisotopic (exact) mass is 463 g/mol. The molecule has 0 fully saturated rings. The first-order chi connectivity index (χ1) is 14.5. The van der Waals surface area contributed by atoms with Crippen molar-refractivity contribution in [3.05, 3.63) is 105 Å². The molecule has 1 unspecified atom stereocenters. The normalized spacial score (nSPS) is 14.6. The van der Waals surface area contributed by atoms with Gasteiger partial charge in [-0.15, -0.1) is 0 Å². The molecule has 0 amide bonds. The average Bonchev–Trinajstić information content (AvgIpc) is 2.77. The molecule has 3 aromatic carbocycles. The quantitative estimate of drug-likeness (QED) is 0.476. The highest BCUT2D eigenvalue weighted by molar-refractivity contribution is 9.10. The van der Waals surface area contributed by atoms with E-state index in [2.05, 4.69) is 21.2 Å². The van der Waals surface area contributed by atoms with Gasteiger partial charge in [0.2, 0.25) is 11.6 Å². The number of ketones is 2. The Morgan fingerprint density at radius 2 is 1.50 bits per heavy atom. The average molecular weight is 464 g/mol. The van der Waals surface area contributed by atoms with Gasteiger partial charge in [0.15, 0.2) is 0 Å². The van der Waals surface area contributed by atoms with Crippen molar-refractivity contribution in [1.82, 2.24) is 5.32 Å². The van der Waals surface area contributed by atoms with E-state index in [4.69, 9.17) is 0 Å². The van der Waals surface area contributed by atoms with Crippen LogP contribution in [0.4, 0.5) is 0 Å². The van der Waals surface area contributed by atoms with Gasteiger partial charge < -0.3 is 15.5 Å². The van der Waals surface area contributed by atoms with E-state index in [9.17, 15) is 19.8 Å². The van der Waals surface area contributed by atoms with Crippen LogP contribution in [0.25, 0.3) is 5.76 Å². The van der Waals surface area contributed by atoms with Gasteiger partial charge in [0.05, 0.1) is 11.6 Å². The summed E-state index contributed by atoms with van der Waals surface area (Å²) in [6, 6.07) is 19.9. The zero-order valence-corrected chi connectivity index (χ0v) is 17.4. The number of hydrogen-bond donors (Lipinski definition) is 3. The number of phenols is 1. The van der Waals surface area contributed by atoms with E-state index in [1.54, 1.807) is 30.3 Å². The van der Waals surface area contributed by atoms with Gasteiger partial charge in [-0.2, -0.15) is 0 Å². The summed E-state index contributed by atoms with van der Waals surface area (Å²) in [6.07, 6.45) is 0. The summed E-state index contributed by atoms with van der Waals surface area (Å²) in [7, 11) is 0. The molecule has 0 saturated carbocycles. The Labute approximate surface area is 181 Å². The second kappa shape index (κ2) is 8.26. The van der Waals surface area contributed by atoms with Crippen molar-refractivity contribution in [2.75, 3.05) is 0 Å². The van der Waals surface area contributed by atoms with Crippen molar-refractivity contribution in [2.45, 2.75) is 12.6 Å². The Morgan fingerprint density at radius 1 is 0.833 bits per heavy atom. The summed E-state index contributed by atoms with van der Waals surface area (Å²) in [6.45, 7) is 0.358. The summed E-state index contributed by atoms with van der Waals surface area (Å²) in [4.78, 5) is 25.8. The van der Waals surface area contributed by atoms with Crippen LogP contribution in [0.2, 0.25) is 0 Å². The molecule has 0 heterocycles. The van der Waals surface area contributed by atoms with E-state index in [1.807, 2.05) is 30.3 Å².